The Bertz CT molecular complexity index is 2720. The van der Waals surface area contributed by atoms with Crippen molar-refractivity contribution < 1.29 is 4.42 Å². The van der Waals surface area contributed by atoms with Crippen molar-refractivity contribution in [1.29, 1.82) is 0 Å². The molecule has 3 atom stereocenters. The number of benzene rings is 5. The lowest BCUT2D eigenvalue weighted by Crippen LogP contribution is -2.29. The van der Waals surface area contributed by atoms with Crippen LogP contribution in [0.2, 0.25) is 0 Å². The van der Waals surface area contributed by atoms with Gasteiger partial charge in [-0.1, -0.05) is 147 Å². The maximum Gasteiger partial charge on any atom is 0.135 e. The van der Waals surface area contributed by atoms with Gasteiger partial charge in [0.2, 0.25) is 0 Å². The molecule has 6 aromatic rings. The fourth-order valence-electron chi connectivity index (χ4n) is 10.3. The fourth-order valence-corrected chi connectivity index (χ4v) is 10.3. The first-order valence-corrected chi connectivity index (χ1v) is 19.9. The van der Waals surface area contributed by atoms with Crippen molar-refractivity contribution in [3.8, 4) is 11.1 Å². The van der Waals surface area contributed by atoms with E-state index in [1.165, 1.54) is 78.1 Å². The van der Waals surface area contributed by atoms with Crippen molar-refractivity contribution in [1.82, 2.24) is 0 Å². The van der Waals surface area contributed by atoms with Crippen LogP contribution in [0.5, 0.6) is 0 Å². The molecule has 0 spiro atoms. The highest BCUT2D eigenvalue weighted by molar-refractivity contribution is 5.90. The Morgan fingerprint density at radius 3 is 2.42 bits per heavy atom. The van der Waals surface area contributed by atoms with E-state index in [4.69, 9.17) is 4.42 Å². The molecule has 266 valence electrons. The Morgan fingerprint density at radius 2 is 1.51 bits per heavy atom. The SMILES string of the molecule is CC1(C)c2ccccc2C2=CC=C(N(c3ccc(C4=CC5C=Cc6oc7ccccc7c6C5C=C4)cc3)c3ccccc3-c3cccc4c3CCC=C4)CC21. The smallest absolute Gasteiger partial charge is 0.135 e. The van der Waals surface area contributed by atoms with Gasteiger partial charge >= 0.3 is 0 Å². The molecule has 5 aromatic carbocycles. The second-order valence-electron chi connectivity index (χ2n) is 16.3. The molecule has 1 aromatic heterocycles. The number of para-hydroxylation sites is 2. The highest BCUT2D eigenvalue weighted by Crippen LogP contribution is 2.55. The number of fused-ring (bicyclic) bond motifs is 9. The van der Waals surface area contributed by atoms with Crippen molar-refractivity contribution >= 4 is 45.6 Å². The van der Waals surface area contributed by atoms with Crippen LogP contribution in [-0.4, -0.2) is 0 Å². The second kappa shape index (κ2) is 12.5. The largest absolute Gasteiger partial charge is 0.456 e. The molecule has 55 heavy (non-hydrogen) atoms. The molecule has 1 heterocycles. The molecule has 0 N–H and O–H groups in total. The van der Waals surface area contributed by atoms with Crippen LogP contribution in [0, 0.1) is 11.8 Å². The number of anilines is 2. The van der Waals surface area contributed by atoms with Gasteiger partial charge < -0.3 is 9.32 Å². The third-order valence-corrected chi connectivity index (χ3v) is 13.0. The number of hydrogen-bond donors (Lipinski definition) is 0. The van der Waals surface area contributed by atoms with Crippen LogP contribution in [0.1, 0.15) is 71.7 Å². The van der Waals surface area contributed by atoms with Crippen LogP contribution in [0.15, 0.2) is 168 Å². The topological polar surface area (TPSA) is 16.4 Å². The van der Waals surface area contributed by atoms with Gasteiger partial charge in [0.15, 0.2) is 0 Å². The summed E-state index contributed by atoms with van der Waals surface area (Å²) in [4.78, 5) is 2.56. The molecule has 3 unspecified atom stereocenters. The second-order valence-corrected chi connectivity index (χ2v) is 16.3. The number of nitrogens with zero attached hydrogens (tertiary/aromatic N) is 1. The van der Waals surface area contributed by atoms with Crippen LogP contribution in [0.25, 0.3) is 45.4 Å². The van der Waals surface area contributed by atoms with Gasteiger partial charge in [0, 0.05) is 39.7 Å². The minimum Gasteiger partial charge on any atom is -0.456 e. The Kier molecular flexibility index (Phi) is 7.33. The maximum absolute atomic E-state index is 6.23. The molecule has 2 nitrogen and oxygen atoms in total. The van der Waals surface area contributed by atoms with Gasteiger partial charge in [0.25, 0.3) is 0 Å². The minimum absolute atomic E-state index is 0.0382. The van der Waals surface area contributed by atoms with Crippen LogP contribution in [0.3, 0.4) is 0 Å². The van der Waals surface area contributed by atoms with E-state index in [9.17, 15) is 0 Å². The van der Waals surface area contributed by atoms with E-state index >= 15 is 0 Å². The Morgan fingerprint density at radius 1 is 0.709 bits per heavy atom. The van der Waals surface area contributed by atoms with E-state index in [0.29, 0.717) is 5.92 Å². The summed E-state index contributed by atoms with van der Waals surface area (Å²) in [5.74, 6) is 1.95. The molecule has 0 saturated carbocycles. The molecular weight excluding hydrogens is 667 g/mol. The zero-order valence-corrected chi connectivity index (χ0v) is 31.4. The monoisotopic (exact) mass is 709 g/mol. The van der Waals surface area contributed by atoms with Crippen molar-refractivity contribution in [3.63, 3.8) is 0 Å². The summed E-state index contributed by atoms with van der Waals surface area (Å²) in [5, 5.41) is 1.22. The number of rotatable bonds is 5. The average Bonchev–Trinajstić information content (AvgIpc) is 3.73. The third kappa shape index (κ3) is 5.08. The normalized spacial score (nSPS) is 21.1. The Balaban J connectivity index is 0.997. The summed E-state index contributed by atoms with van der Waals surface area (Å²) in [6.45, 7) is 4.87. The van der Waals surface area contributed by atoms with E-state index in [1.807, 2.05) is 0 Å². The van der Waals surface area contributed by atoms with Gasteiger partial charge in [-0.3, -0.25) is 0 Å². The van der Waals surface area contributed by atoms with Gasteiger partial charge in [0.05, 0.1) is 5.69 Å². The first-order chi connectivity index (χ1) is 27.0. The van der Waals surface area contributed by atoms with Crippen molar-refractivity contribution in [2.75, 3.05) is 4.90 Å². The van der Waals surface area contributed by atoms with Gasteiger partial charge in [-0.05, 0) is 112 Å². The summed E-state index contributed by atoms with van der Waals surface area (Å²) >= 11 is 0. The minimum atomic E-state index is 0.0382. The van der Waals surface area contributed by atoms with E-state index in [0.717, 1.165) is 30.6 Å². The number of allylic oxidation sites excluding steroid dienone is 10. The summed E-state index contributed by atoms with van der Waals surface area (Å²) in [6.07, 6.45) is 24.1. The average molecular weight is 710 g/mol. The first kappa shape index (κ1) is 32.3. The molecule has 0 aliphatic heterocycles. The number of hydrogen-bond acceptors (Lipinski definition) is 2. The van der Waals surface area contributed by atoms with Crippen LogP contribution >= 0.6 is 0 Å². The van der Waals surface area contributed by atoms with E-state index in [-0.39, 0.29) is 17.3 Å². The molecular formula is C53H43NO. The zero-order chi connectivity index (χ0) is 36.7. The first-order valence-electron chi connectivity index (χ1n) is 19.9. The van der Waals surface area contributed by atoms with Crippen LogP contribution < -0.4 is 4.90 Å². The Labute approximate surface area is 323 Å². The van der Waals surface area contributed by atoms with Gasteiger partial charge in [0.1, 0.15) is 11.3 Å². The van der Waals surface area contributed by atoms with E-state index in [1.54, 1.807) is 0 Å². The lowest BCUT2D eigenvalue weighted by molar-refractivity contribution is 0.406. The fraction of sp³-hybridized carbons (Fsp3) is 0.170. The predicted octanol–water partition coefficient (Wildman–Crippen LogP) is 13.9. The molecule has 2 heteroatoms. The van der Waals surface area contributed by atoms with Crippen LogP contribution in [-0.2, 0) is 11.8 Å². The standard InChI is InChI=1S/C53H43NO/c1-53(2)47-19-8-5-15-43(47)44-30-28-39(33-48(44)53)54(49-20-9-6-16-45(49)42-18-11-13-35-12-3-4-14-40(35)42)38-26-22-34(23-27-38)36-24-29-41-37(32-36)25-31-51-52(41)46-17-7-10-21-50(46)55-51/h3,5-13,15-32,37,41,48H,4,14,33H2,1-2H3. The molecule has 0 radical (unpaired) electrons. The molecule has 0 amide bonds. The molecule has 11 rings (SSSR count). The number of furan rings is 1. The van der Waals surface area contributed by atoms with Crippen molar-refractivity contribution in [3.05, 3.63) is 203 Å². The van der Waals surface area contributed by atoms with Crippen LogP contribution in [0.4, 0.5) is 11.4 Å². The molecule has 5 aliphatic rings. The Hall–Kier alpha value is -6.12. The lowest BCUT2D eigenvalue weighted by atomic mass is 9.73. The highest BCUT2D eigenvalue weighted by atomic mass is 16.3. The molecule has 0 fully saturated rings. The predicted molar refractivity (Wildman–Crippen MR) is 230 cm³/mol. The summed E-state index contributed by atoms with van der Waals surface area (Å²) < 4.78 is 6.23. The third-order valence-electron chi connectivity index (χ3n) is 13.0. The lowest BCUT2D eigenvalue weighted by Gasteiger charge is -2.37. The quantitative estimate of drug-likeness (QED) is 0.177. The molecule has 0 bridgehead atoms. The summed E-state index contributed by atoms with van der Waals surface area (Å²) in [7, 11) is 0. The maximum atomic E-state index is 6.23. The summed E-state index contributed by atoms with van der Waals surface area (Å²) in [6, 6.07) is 42.7. The van der Waals surface area contributed by atoms with Crippen molar-refractivity contribution in [2.45, 2.75) is 44.4 Å². The zero-order valence-electron chi connectivity index (χ0n) is 31.4. The molecule has 5 aliphatic carbocycles. The van der Waals surface area contributed by atoms with Crippen molar-refractivity contribution in [2.24, 2.45) is 11.8 Å². The van der Waals surface area contributed by atoms with Gasteiger partial charge in [-0.2, -0.15) is 0 Å². The van der Waals surface area contributed by atoms with Gasteiger partial charge in [-0.25, -0.2) is 0 Å². The highest BCUT2D eigenvalue weighted by Gasteiger charge is 2.44. The summed E-state index contributed by atoms with van der Waals surface area (Å²) in [5.41, 5.74) is 18.3. The van der Waals surface area contributed by atoms with Gasteiger partial charge in [-0.15, -0.1) is 0 Å². The van der Waals surface area contributed by atoms with E-state index < -0.39 is 0 Å². The van der Waals surface area contributed by atoms with E-state index in [2.05, 4.69) is 189 Å². The molecule has 0 saturated heterocycles.